The highest BCUT2D eigenvalue weighted by Crippen LogP contribution is 2.44. The molecule has 0 radical (unpaired) electrons. The van der Waals surface area contributed by atoms with Crippen LogP contribution >= 0.6 is 0 Å². The number of methoxy groups -OCH3 is 1. The third-order valence-corrected chi connectivity index (χ3v) is 4.26. The van der Waals surface area contributed by atoms with Crippen molar-refractivity contribution in [1.29, 1.82) is 0 Å². The Morgan fingerprint density at radius 3 is 2.00 bits per heavy atom. The lowest BCUT2D eigenvalue weighted by Crippen LogP contribution is -2.10. The maximum Gasteiger partial charge on any atom is 0.0700 e. The summed E-state index contributed by atoms with van der Waals surface area (Å²) in [7, 11) is 1.68. The van der Waals surface area contributed by atoms with Crippen LogP contribution in [0.5, 0.6) is 0 Å². The van der Waals surface area contributed by atoms with E-state index in [1.165, 1.54) is 22.3 Å². The molecular weight excluding hydrogens is 288 g/mol. The number of rotatable bonds is 9. The van der Waals surface area contributed by atoms with Gasteiger partial charge in [0.15, 0.2) is 0 Å². The Morgan fingerprint density at radius 2 is 1.35 bits per heavy atom. The Hall–Kier alpha value is -1.68. The van der Waals surface area contributed by atoms with E-state index in [0.29, 0.717) is 19.1 Å². The number of hydrogen-bond acceptors (Lipinski definition) is 3. The zero-order chi connectivity index (χ0) is 15.9. The molecule has 1 aliphatic carbocycles. The first-order valence-electron chi connectivity index (χ1n) is 8.24. The summed E-state index contributed by atoms with van der Waals surface area (Å²) in [4.78, 5) is 0. The molecule has 0 bridgehead atoms. The van der Waals surface area contributed by atoms with Crippen molar-refractivity contribution in [3.05, 3.63) is 59.7 Å². The van der Waals surface area contributed by atoms with Gasteiger partial charge in [-0.3, -0.25) is 0 Å². The van der Waals surface area contributed by atoms with E-state index in [1.54, 1.807) is 7.11 Å². The van der Waals surface area contributed by atoms with Crippen molar-refractivity contribution < 1.29 is 14.2 Å². The van der Waals surface area contributed by atoms with Crippen LogP contribution in [0.25, 0.3) is 11.1 Å². The van der Waals surface area contributed by atoms with E-state index >= 15 is 0 Å². The van der Waals surface area contributed by atoms with Crippen LogP contribution in [0.2, 0.25) is 0 Å². The van der Waals surface area contributed by atoms with Gasteiger partial charge in [0.1, 0.15) is 0 Å². The molecule has 1 aliphatic rings. The molecule has 0 amide bonds. The average molecular weight is 312 g/mol. The molecule has 2 aromatic rings. The fourth-order valence-electron chi connectivity index (χ4n) is 3.15. The lowest BCUT2D eigenvalue weighted by Gasteiger charge is -2.14. The van der Waals surface area contributed by atoms with Crippen molar-refractivity contribution in [2.24, 2.45) is 0 Å². The van der Waals surface area contributed by atoms with E-state index in [0.717, 1.165) is 26.2 Å². The maximum atomic E-state index is 5.93. The van der Waals surface area contributed by atoms with Gasteiger partial charge in [0.25, 0.3) is 0 Å². The van der Waals surface area contributed by atoms with Crippen molar-refractivity contribution in [3.8, 4) is 11.1 Å². The van der Waals surface area contributed by atoms with E-state index in [1.807, 2.05) is 0 Å². The Bertz CT molecular complexity index is 578. The van der Waals surface area contributed by atoms with Crippen LogP contribution in [-0.2, 0) is 14.2 Å². The highest BCUT2D eigenvalue weighted by Gasteiger charge is 2.27. The summed E-state index contributed by atoms with van der Waals surface area (Å²) in [5.74, 6) is 0.344. The van der Waals surface area contributed by atoms with Crippen LogP contribution in [0.4, 0.5) is 0 Å². The minimum Gasteiger partial charge on any atom is -0.382 e. The molecule has 122 valence electrons. The number of hydrogen-bond donors (Lipinski definition) is 0. The molecule has 0 spiro atoms. The zero-order valence-electron chi connectivity index (χ0n) is 13.7. The van der Waals surface area contributed by atoms with Gasteiger partial charge in [-0.2, -0.15) is 0 Å². The van der Waals surface area contributed by atoms with Crippen molar-refractivity contribution in [2.75, 3.05) is 40.1 Å². The standard InChI is InChI=1S/C20H24O3/c1-21-13-14-22-11-6-12-23-15-20-18-9-4-2-7-16(18)17-8-3-5-10-19(17)20/h2-5,7-10,20H,6,11-15H2,1H3. The van der Waals surface area contributed by atoms with Crippen LogP contribution in [0.1, 0.15) is 23.5 Å². The molecular formula is C20H24O3. The summed E-state index contributed by atoms with van der Waals surface area (Å²) >= 11 is 0. The summed E-state index contributed by atoms with van der Waals surface area (Å²) in [6.07, 6.45) is 0.916. The number of benzene rings is 2. The minimum absolute atomic E-state index is 0.344. The van der Waals surface area contributed by atoms with Crippen LogP contribution in [0.3, 0.4) is 0 Å². The SMILES string of the molecule is COCCOCCCOCC1c2ccccc2-c2ccccc21. The molecule has 3 nitrogen and oxygen atoms in total. The molecule has 23 heavy (non-hydrogen) atoms. The molecule has 0 atom stereocenters. The topological polar surface area (TPSA) is 27.7 Å². The van der Waals surface area contributed by atoms with E-state index in [-0.39, 0.29) is 0 Å². The Labute approximate surface area is 138 Å². The first-order valence-corrected chi connectivity index (χ1v) is 8.24. The molecule has 0 aliphatic heterocycles. The summed E-state index contributed by atoms with van der Waals surface area (Å²) < 4.78 is 16.3. The summed E-state index contributed by atoms with van der Waals surface area (Å²) in [5, 5.41) is 0. The monoisotopic (exact) mass is 312 g/mol. The molecule has 2 aromatic carbocycles. The minimum atomic E-state index is 0.344. The van der Waals surface area contributed by atoms with Crippen molar-refractivity contribution >= 4 is 0 Å². The second-order valence-electron chi connectivity index (χ2n) is 5.76. The lowest BCUT2D eigenvalue weighted by molar-refractivity contribution is 0.0504. The molecule has 3 heteroatoms. The van der Waals surface area contributed by atoms with Crippen LogP contribution in [-0.4, -0.2) is 40.1 Å². The Kier molecular flexibility index (Phi) is 5.81. The van der Waals surface area contributed by atoms with Crippen molar-refractivity contribution in [1.82, 2.24) is 0 Å². The molecule has 0 N–H and O–H groups in total. The predicted molar refractivity (Wildman–Crippen MR) is 91.9 cm³/mol. The van der Waals surface area contributed by atoms with E-state index in [9.17, 15) is 0 Å². The number of ether oxygens (including phenoxy) is 3. The second-order valence-corrected chi connectivity index (χ2v) is 5.76. The van der Waals surface area contributed by atoms with Crippen LogP contribution in [0.15, 0.2) is 48.5 Å². The van der Waals surface area contributed by atoms with Gasteiger partial charge in [-0.15, -0.1) is 0 Å². The highest BCUT2D eigenvalue weighted by atomic mass is 16.5. The second kappa shape index (κ2) is 8.25. The molecule has 0 heterocycles. The van der Waals surface area contributed by atoms with Gasteiger partial charge in [-0.1, -0.05) is 48.5 Å². The van der Waals surface area contributed by atoms with Crippen LogP contribution in [0, 0.1) is 0 Å². The zero-order valence-corrected chi connectivity index (χ0v) is 13.7. The first kappa shape index (κ1) is 16.2. The van der Waals surface area contributed by atoms with Gasteiger partial charge in [-0.05, 0) is 28.7 Å². The Morgan fingerprint density at radius 1 is 0.739 bits per heavy atom. The van der Waals surface area contributed by atoms with E-state index < -0.39 is 0 Å². The first-order chi connectivity index (χ1) is 11.4. The van der Waals surface area contributed by atoms with E-state index in [4.69, 9.17) is 14.2 Å². The largest absolute Gasteiger partial charge is 0.382 e. The predicted octanol–water partition coefficient (Wildman–Crippen LogP) is 3.87. The third kappa shape index (κ3) is 3.81. The van der Waals surface area contributed by atoms with Gasteiger partial charge < -0.3 is 14.2 Å². The average Bonchev–Trinajstić information content (AvgIpc) is 2.92. The van der Waals surface area contributed by atoms with Crippen molar-refractivity contribution in [3.63, 3.8) is 0 Å². The maximum absolute atomic E-state index is 5.93. The molecule has 0 fully saturated rings. The number of fused-ring (bicyclic) bond motifs is 3. The van der Waals surface area contributed by atoms with Gasteiger partial charge >= 0.3 is 0 Å². The quantitative estimate of drug-likeness (QED) is 0.658. The normalized spacial score (nSPS) is 13.1. The van der Waals surface area contributed by atoms with Gasteiger partial charge in [0.2, 0.25) is 0 Å². The fraction of sp³-hybridized carbons (Fsp3) is 0.400. The van der Waals surface area contributed by atoms with Crippen molar-refractivity contribution in [2.45, 2.75) is 12.3 Å². The molecule has 0 unspecified atom stereocenters. The summed E-state index contributed by atoms with van der Waals surface area (Å²) in [6.45, 7) is 3.48. The summed E-state index contributed by atoms with van der Waals surface area (Å²) in [6, 6.07) is 17.3. The summed E-state index contributed by atoms with van der Waals surface area (Å²) in [5.41, 5.74) is 5.45. The van der Waals surface area contributed by atoms with E-state index in [2.05, 4.69) is 48.5 Å². The third-order valence-electron chi connectivity index (χ3n) is 4.26. The van der Waals surface area contributed by atoms with Crippen LogP contribution < -0.4 is 0 Å². The Balaban J connectivity index is 1.52. The molecule has 0 saturated heterocycles. The molecule has 0 aromatic heterocycles. The lowest BCUT2D eigenvalue weighted by atomic mass is 9.98. The van der Waals surface area contributed by atoms with Gasteiger partial charge in [0, 0.05) is 26.2 Å². The fourth-order valence-corrected chi connectivity index (χ4v) is 3.15. The highest BCUT2D eigenvalue weighted by molar-refractivity contribution is 5.78. The smallest absolute Gasteiger partial charge is 0.0700 e. The van der Waals surface area contributed by atoms with Gasteiger partial charge in [-0.25, -0.2) is 0 Å². The van der Waals surface area contributed by atoms with Gasteiger partial charge in [0.05, 0.1) is 19.8 Å². The molecule has 0 saturated carbocycles. The molecule has 3 rings (SSSR count).